The highest BCUT2D eigenvalue weighted by atomic mass is 16.5. The third kappa shape index (κ3) is 5.54. The fourth-order valence-electron chi connectivity index (χ4n) is 3.25. The van der Waals surface area contributed by atoms with Crippen LogP contribution in [0.3, 0.4) is 0 Å². The van der Waals surface area contributed by atoms with Crippen molar-refractivity contribution in [3.05, 3.63) is 89.6 Å². The monoisotopic (exact) mass is 447 g/mol. The number of furan rings is 1. The molecule has 8 nitrogen and oxygen atoms in total. The summed E-state index contributed by atoms with van der Waals surface area (Å²) < 4.78 is 24.0. The molecule has 4 aromatic rings. The molecule has 0 fully saturated rings. The Balaban J connectivity index is 1.31. The maximum Gasteiger partial charge on any atom is 0.291 e. The quantitative estimate of drug-likeness (QED) is 0.390. The van der Waals surface area contributed by atoms with Gasteiger partial charge in [-0.1, -0.05) is 29.8 Å². The minimum absolute atomic E-state index is 0.168. The summed E-state index contributed by atoms with van der Waals surface area (Å²) in [5.74, 6) is 2.32. The number of rotatable bonds is 9. The molecule has 0 saturated carbocycles. The van der Waals surface area contributed by atoms with E-state index >= 15 is 0 Å². The Morgan fingerprint density at radius 3 is 2.64 bits per heavy atom. The first-order valence-corrected chi connectivity index (χ1v) is 10.4. The Labute approximate surface area is 191 Å². The molecular weight excluding hydrogens is 422 g/mol. The van der Waals surface area contributed by atoms with E-state index < -0.39 is 0 Å². The average Bonchev–Trinajstić information content (AvgIpc) is 3.47. The molecule has 0 unspecified atom stereocenters. The number of ether oxygens (including phenoxy) is 3. The minimum atomic E-state index is -0.381. The maximum absolute atomic E-state index is 12.5. The number of carbonyl (C=O) groups is 1. The summed E-state index contributed by atoms with van der Waals surface area (Å²) in [7, 11) is 1.58. The molecule has 4 rings (SSSR count). The van der Waals surface area contributed by atoms with Gasteiger partial charge in [-0.05, 0) is 49.7 Å². The highest BCUT2D eigenvalue weighted by Crippen LogP contribution is 2.27. The van der Waals surface area contributed by atoms with Gasteiger partial charge in [-0.25, -0.2) is 4.68 Å². The molecule has 1 amide bonds. The van der Waals surface area contributed by atoms with Crippen LogP contribution in [0.15, 0.2) is 71.4 Å². The lowest BCUT2D eigenvalue weighted by Gasteiger charge is -2.09. The Morgan fingerprint density at radius 2 is 1.85 bits per heavy atom. The number of aromatic nitrogens is 2. The molecule has 0 atom stereocenters. The summed E-state index contributed by atoms with van der Waals surface area (Å²) in [5, 5.41) is 6.99. The number of hydrogen-bond donors (Lipinski definition) is 1. The van der Waals surface area contributed by atoms with Crippen molar-refractivity contribution in [2.24, 2.45) is 0 Å². The first-order valence-electron chi connectivity index (χ1n) is 10.4. The van der Waals surface area contributed by atoms with E-state index in [1.165, 1.54) is 5.56 Å². The third-order valence-corrected chi connectivity index (χ3v) is 4.90. The molecule has 0 aliphatic carbocycles. The first-order chi connectivity index (χ1) is 16.0. The highest BCUT2D eigenvalue weighted by molar-refractivity contribution is 6.02. The number of methoxy groups -OCH3 is 1. The molecule has 2 aromatic carbocycles. The molecule has 0 saturated heterocycles. The molecule has 0 bridgehead atoms. The van der Waals surface area contributed by atoms with Crippen LogP contribution in [0.4, 0.5) is 5.69 Å². The molecule has 33 heavy (non-hydrogen) atoms. The second-order valence-electron chi connectivity index (χ2n) is 7.47. The van der Waals surface area contributed by atoms with Crippen molar-refractivity contribution in [1.82, 2.24) is 9.78 Å². The number of anilines is 1. The average molecular weight is 447 g/mol. The molecule has 0 radical (unpaired) electrons. The summed E-state index contributed by atoms with van der Waals surface area (Å²) in [4.78, 5) is 12.5. The van der Waals surface area contributed by atoms with Crippen molar-refractivity contribution < 1.29 is 23.4 Å². The van der Waals surface area contributed by atoms with Crippen molar-refractivity contribution in [3.63, 3.8) is 0 Å². The topological polar surface area (TPSA) is 87.8 Å². The van der Waals surface area contributed by atoms with Crippen molar-refractivity contribution in [3.8, 4) is 17.2 Å². The first kappa shape index (κ1) is 22.0. The van der Waals surface area contributed by atoms with E-state index in [9.17, 15) is 4.79 Å². The molecule has 8 heteroatoms. The molecule has 1 N–H and O–H groups in total. The second kappa shape index (κ2) is 9.95. The fraction of sp³-hybridized carbons (Fsp3) is 0.200. The van der Waals surface area contributed by atoms with E-state index in [2.05, 4.69) is 16.5 Å². The number of nitrogens with one attached hydrogen (secondary N) is 1. The predicted octanol–water partition coefficient (Wildman–Crippen LogP) is 4.97. The molecule has 0 aliphatic heterocycles. The Hall–Kier alpha value is -4.20. The van der Waals surface area contributed by atoms with Crippen LogP contribution in [0, 0.1) is 13.8 Å². The van der Waals surface area contributed by atoms with Crippen molar-refractivity contribution in [2.45, 2.75) is 27.2 Å². The van der Waals surface area contributed by atoms with Crippen molar-refractivity contribution in [2.75, 3.05) is 12.4 Å². The minimum Gasteiger partial charge on any atom is -0.493 e. The van der Waals surface area contributed by atoms with Gasteiger partial charge in [-0.2, -0.15) is 5.10 Å². The van der Waals surface area contributed by atoms with Gasteiger partial charge in [0.2, 0.25) is 0 Å². The smallest absolute Gasteiger partial charge is 0.291 e. The van der Waals surface area contributed by atoms with Crippen LogP contribution in [0.1, 0.15) is 27.4 Å². The zero-order valence-electron chi connectivity index (χ0n) is 18.7. The van der Waals surface area contributed by atoms with Gasteiger partial charge in [-0.3, -0.25) is 4.79 Å². The van der Waals surface area contributed by atoms with Gasteiger partial charge in [0.15, 0.2) is 24.0 Å². The van der Waals surface area contributed by atoms with E-state index in [0.717, 1.165) is 11.3 Å². The normalized spacial score (nSPS) is 10.6. The van der Waals surface area contributed by atoms with Gasteiger partial charge in [0.1, 0.15) is 18.1 Å². The number of carbonyl (C=O) groups excluding carboxylic acids is 1. The van der Waals surface area contributed by atoms with Gasteiger partial charge in [0, 0.05) is 0 Å². The Bertz CT molecular complexity index is 1240. The van der Waals surface area contributed by atoms with E-state index in [0.29, 0.717) is 22.9 Å². The van der Waals surface area contributed by atoms with Crippen molar-refractivity contribution in [1.29, 1.82) is 0 Å². The van der Waals surface area contributed by atoms with Crippen molar-refractivity contribution >= 4 is 11.6 Å². The third-order valence-electron chi connectivity index (χ3n) is 4.90. The number of hydrogen-bond acceptors (Lipinski definition) is 6. The van der Waals surface area contributed by atoms with Crippen LogP contribution in [0.5, 0.6) is 17.2 Å². The SMILES string of the molecule is COc1ccccc1OCc1ccc(C(=O)Nc2cnn(COc3ccc(C)cc3C)c2)o1. The van der Waals surface area contributed by atoms with Gasteiger partial charge in [0.05, 0.1) is 25.2 Å². The van der Waals surface area contributed by atoms with E-state index in [1.54, 1.807) is 42.4 Å². The lowest BCUT2D eigenvalue weighted by atomic mass is 10.1. The highest BCUT2D eigenvalue weighted by Gasteiger charge is 2.14. The van der Waals surface area contributed by atoms with Crippen LogP contribution in [0.25, 0.3) is 0 Å². The number of benzene rings is 2. The number of amides is 1. The lowest BCUT2D eigenvalue weighted by molar-refractivity contribution is 0.0992. The zero-order chi connectivity index (χ0) is 23.2. The number of aryl methyl sites for hydroxylation is 2. The second-order valence-corrected chi connectivity index (χ2v) is 7.47. The van der Waals surface area contributed by atoms with E-state index in [1.807, 2.05) is 44.2 Å². The van der Waals surface area contributed by atoms with Crippen LogP contribution < -0.4 is 19.5 Å². The van der Waals surface area contributed by atoms with Gasteiger partial charge >= 0.3 is 0 Å². The van der Waals surface area contributed by atoms with Gasteiger partial charge in [-0.15, -0.1) is 0 Å². The molecule has 0 aliphatic rings. The summed E-state index contributed by atoms with van der Waals surface area (Å²) in [6, 6.07) is 16.6. The summed E-state index contributed by atoms with van der Waals surface area (Å²) in [6.45, 7) is 4.43. The molecule has 2 heterocycles. The molecule has 2 aromatic heterocycles. The van der Waals surface area contributed by atoms with E-state index in [-0.39, 0.29) is 25.0 Å². The van der Waals surface area contributed by atoms with Gasteiger partial charge < -0.3 is 23.9 Å². The maximum atomic E-state index is 12.5. The van der Waals surface area contributed by atoms with E-state index in [4.69, 9.17) is 18.6 Å². The Morgan fingerprint density at radius 1 is 1.03 bits per heavy atom. The summed E-state index contributed by atoms with van der Waals surface area (Å²) in [5.41, 5.74) is 2.77. The largest absolute Gasteiger partial charge is 0.493 e. The molecule has 170 valence electrons. The number of para-hydroxylation sites is 2. The van der Waals surface area contributed by atoms with Crippen LogP contribution in [-0.4, -0.2) is 22.8 Å². The van der Waals surface area contributed by atoms with Crippen LogP contribution >= 0.6 is 0 Å². The fourth-order valence-corrected chi connectivity index (χ4v) is 3.25. The van der Waals surface area contributed by atoms with Crippen LogP contribution in [0.2, 0.25) is 0 Å². The zero-order valence-corrected chi connectivity index (χ0v) is 18.7. The Kier molecular flexibility index (Phi) is 6.64. The number of nitrogens with zero attached hydrogens (tertiary/aromatic N) is 2. The van der Waals surface area contributed by atoms with Gasteiger partial charge in [0.25, 0.3) is 5.91 Å². The predicted molar refractivity (Wildman–Crippen MR) is 123 cm³/mol. The summed E-state index contributed by atoms with van der Waals surface area (Å²) >= 11 is 0. The molecule has 0 spiro atoms. The van der Waals surface area contributed by atoms with Crippen LogP contribution in [-0.2, 0) is 13.3 Å². The summed E-state index contributed by atoms with van der Waals surface area (Å²) in [6.07, 6.45) is 3.24. The standard InChI is InChI=1S/C25H25N3O5/c1-17-8-10-21(18(2)12-17)32-16-28-14-19(13-26-28)27-25(29)24-11-9-20(33-24)15-31-23-7-5-4-6-22(23)30-3/h4-14H,15-16H2,1-3H3,(H,27,29). The molecular formula is C25H25N3O5. The lowest BCUT2D eigenvalue weighted by Crippen LogP contribution is -2.10.